The predicted molar refractivity (Wildman–Crippen MR) is 64.6 cm³/mol. The lowest BCUT2D eigenvalue weighted by molar-refractivity contribution is 0.380. The molecule has 2 N–H and O–H groups in total. The van der Waals surface area contributed by atoms with Crippen molar-refractivity contribution in [2.75, 3.05) is 0 Å². The largest absolute Gasteiger partial charge is 0.415 e. The van der Waals surface area contributed by atoms with E-state index in [1.54, 1.807) is 0 Å². The summed E-state index contributed by atoms with van der Waals surface area (Å²) in [5.74, 6) is 2.73. The first-order valence-corrected chi connectivity index (χ1v) is 6.62. The molecule has 0 spiro atoms. The van der Waals surface area contributed by atoms with Crippen molar-refractivity contribution in [3.8, 4) is 0 Å². The van der Waals surface area contributed by atoms with Gasteiger partial charge in [0.15, 0.2) is 5.82 Å². The van der Waals surface area contributed by atoms with Crippen LogP contribution in [0.4, 0.5) is 0 Å². The summed E-state index contributed by atoms with van der Waals surface area (Å²) in [6.07, 6.45) is 0.812. The quantitative estimate of drug-likeness (QED) is 0.785. The van der Waals surface area contributed by atoms with Crippen molar-refractivity contribution < 1.29 is 8.94 Å². The molecule has 18 heavy (non-hydrogen) atoms. The first kappa shape index (κ1) is 13.0. The summed E-state index contributed by atoms with van der Waals surface area (Å²) in [5, 5.41) is 12.0. The Labute approximate surface area is 109 Å². The molecule has 0 bridgehead atoms. The van der Waals surface area contributed by atoms with E-state index in [-0.39, 0.29) is 6.54 Å². The third-order valence-corrected chi connectivity index (χ3v) is 2.85. The smallest absolute Gasteiger partial charge is 0.277 e. The van der Waals surface area contributed by atoms with Crippen LogP contribution in [-0.4, -0.2) is 20.3 Å². The molecule has 0 aromatic carbocycles. The number of hydrogen-bond donors (Lipinski definition) is 1. The van der Waals surface area contributed by atoms with Crippen molar-refractivity contribution in [2.45, 2.75) is 37.8 Å². The number of nitrogens with two attached hydrogens (primary N) is 1. The maximum atomic E-state index is 5.37. The number of hydrogen-bond acceptors (Lipinski definition) is 8. The van der Waals surface area contributed by atoms with E-state index < -0.39 is 0 Å². The van der Waals surface area contributed by atoms with Gasteiger partial charge >= 0.3 is 0 Å². The van der Waals surface area contributed by atoms with E-state index in [0.717, 1.165) is 12.2 Å². The standard InChI is InChI=1S/C10H15N5O2S/c1-6(2)3-7-12-9(17-15-7)5-18-10-14-13-8(4-11)16-10/h6H,3-5,11H2,1-2H3. The Bertz CT molecular complexity index is 496. The zero-order chi connectivity index (χ0) is 13.0. The van der Waals surface area contributed by atoms with Gasteiger partial charge in [0.1, 0.15) is 0 Å². The topological polar surface area (TPSA) is 104 Å². The summed E-state index contributed by atoms with van der Waals surface area (Å²) in [6, 6.07) is 0. The lowest BCUT2D eigenvalue weighted by Gasteiger charge is -1.95. The zero-order valence-corrected chi connectivity index (χ0v) is 11.1. The van der Waals surface area contributed by atoms with E-state index in [9.17, 15) is 0 Å². The zero-order valence-electron chi connectivity index (χ0n) is 10.3. The van der Waals surface area contributed by atoms with Gasteiger partial charge in [0.25, 0.3) is 5.22 Å². The van der Waals surface area contributed by atoms with Gasteiger partial charge in [-0.05, 0) is 5.92 Å². The molecule has 8 heteroatoms. The minimum absolute atomic E-state index is 0.243. The Kier molecular flexibility index (Phi) is 4.32. The van der Waals surface area contributed by atoms with Crippen LogP contribution >= 0.6 is 11.8 Å². The van der Waals surface area contributed by atoms with E-state index >= 15 is 0 Å². The molecule has 98 valence electrons. The summed E-state index contributed by atoms with van der Waals surface area (Å²) < 4.78 is 10.4. The van der Waals surface area contributed by atoms with E-state index in [4.69, 9.17) is 14.7 Å². The Morgan fingerprint density at radius 1 is 1.28 bits per heavy atom. The van der Waals surface area contributed by atoms with Crippen molar-refractivity contribution in [1.82, 2.24) is 20.3 Å². The van der Waals surface area contributed by atoms with Gasteiger partial charge in [-0.15, -0.1) is 10.2 Å². The normalized spacial score (nSPS) is 11.3. The van der Waals surface area contributed by atoms with Crippen LogP contribution in [0.3, 0.4) is 0 Å². The van der Waals surface area contributed by atoms with Crippen LogP contribution in [-0.2, 0) is 18.7 Å². The van der Waals surface area contributed by atoms with Gasteiger partial charge in [-0.25, -0.2) is 0 Å². The molecule has 0 atom stereocenters. The second kappa shape index (κ2) is 5.96. The molecule has 0 aliphatic carbocycles. The number of thioether (sulfide) groups is 1. The monoisotopic (exact) mass is 269 g/mol. The molecule has 2 aromatic heterocycles. The Morgan fingerprint density at radius 3 is 2.78 bits per heavy atom. The van der Waals surface area contributed by atoms with E-state index in [1.165, 1.54) is 11.8 Å². The molecule has 2 aromatic rings. The highest BCUT2D eigenvalue weighted by atomic mass is 32.2. The van der Waals surface area contributed by atoms with Crippen molar-refractivity contribution >= 4 is 11.8 Å². The number of nitrogens with zero attached hydrogens (tertiary/aromatic N) is 4. The summed E-state index contributed by atoms with van der Waals surface area (Å²) >= 11 is 1.35. The van der Waals surface area contributed by atoms with Crippen LogP contribution < -0.4 is 5.73 Å². The lowest BCUT2D eigenvalue weighted by Crippen LogP contribution is -1.96. The molecule has 0 aliphatic heterocycles. The third kappa shape index (κ3) is 3.54. The summed E-state index contributed by atoms with van der Waals surface area (Å²) in [5.41, 5.74) is 5.37. The fraction of sp³-hybridized carbons (Fsp3) is 0.600. The molecule has 0 saturated carbocycles. The molecule has 0 radical (unpaired) electrons. The minimum atomic E-state index is 0.243. The van der Waals surface area contributed by atoms with Crippen molar-refractivity contribution in [3.05, 3.63) is 17.6 Å². The summed E-state index contributed by atoms with van der Waals surface area (Å²) in [7, 11) is 0. The first-order chi connectivity index (χ1) is 8.67. The molecular formula is C10H15N5O2S. The highest BCUT2D eigenvalue weighted by Crippen LogP contribution is 2.20. The number of aromatic nitrogens is 4. The molecule has 0 saturated heterocycles. The van der Waals surface area contributed by atoms with Gasteiger partial charge in [-0.1, -0.05) is 30.8 Å². The van der Waals surface area contributed by atoms with Crippen LogP contribution in [0.25, 0.3) is 0 Å². The van der Waals surface area contributed by atoms with E-state index in [2.05, 4.69) is 34.2 Å². The fourth-order valence-electron chi connectivity index (χ4n) is 1.30. The Hall–Kier alpha value is -1.41. The Balaban J connectivity index is 1.87. The maximum Gasteiger partial charge on any atom is 0.277 e. The molecule has 2 heterocycles. The number of rotatable bonds is 6. The van der Waals surface area contributed by atoms with Gasteiger partial charge in [0.2, 0.25) is 11.8 Å². The summed E-state index contributed by atoms with van der Waals surface area (Å²) in [6.45, 7) is 4.46. The average molecular weight is 269 g/mol. The van der Waals surface area contributed by atoms with Gasteiger partial charge in [-0.2, -0.15) is 4.98 Å². The lowest BCUT2D eigenvalue weighted by atomic mass is 10.1. The van der Waals surface area contributed by atoms with Crippen LogP contribution in [0, 0.1) is 5.92 Å². The molecule has 2 rings (SSSR count). The molecule has 0 fully saturated rings. The van der Waals surface area contributed by atoms with Gasteiger partial charge < -0.3 is 14.7 Å². The molecular weight excluding hydrogens is 254 g/mol. The van der Waals surface area contributed by atoms with E-state index in [1.807, 2.05) is 0 Å². The average Bonchev–Trinajstić information content (AvgIpc) is 2.94. The SMILES string of the molecule is CC(C)Cc1noc(CSc2nnc(CN)o2)n1. The van der Waals surface area contributed by atoms with Crippen LogP contribution in [0.1, 0.15) is 31.5 Å². The van der Waals surface area contributed by atoms with Gasteiger partial charge in [0.05, 0.1) is 12.3 Å². The van der Waals surface area contributed by atoms with Gasteiger partial charge in [-0.3, -0.25) is 0 Å². The third-order valence-electron chi connectivity index (χ3n) is 2.04. The van der Waals surface area contributed by atoms with Crippen molar-refractivity contribution in [2.24, 2.45) is 11.7 Å². The molecule has 0 unspecified atom stereocenters. The van der Waals surface area contributed by atoms with Crippen molar-refractivity contribution in [1.29, 1.82) is 0 Å². The second-order valence-corrected chi connectivity index (χ2v) is 5.08. The summed E-state index contributed by atoms with van der Waals surface area (Å²) in [4.78, 5) is 4.28. The molecule has 0 aliphatic rings. The molecule has 7 nitrogen and oxygen atoms in total. The fourth-order valence-corrected chi connectivity index (χ4v) is 1.92. The maximum absolute atomic E-state index is 5.37. The second-order valence-electron chi connectivity index (χ2n) is 4.16. The van der Waals surface area contributed by atoms with Crippen LogP contribution in [0.15, 0.2) is 14.2 Å². The van der Waals surface area contributed by atoms with E-state index in [0.29, 0.717) is 28.7 Å². The van der Waals surface area contributed by atoms with Crippen LogP contribution in [0.2, 0.25) is 0 Å². The molecule has 0 amide bonds. The Morgan fingerprint density at radius 2 is 2.11 bits per heavy atom. The highest BCUT2D eigenvalue weighted by Gasteiger charge is 2.11. The van der Waals surface area contributed by atoms with Crippen LogP contribution in [0.5, 0.6) is 0 Å². The minimum Gasteiger partial charge on any atom is -0.415 e. The van der Waals surface area contributed by atoms with Gasteiger partial charge in [0, 0.05) is 6.42 Å². The highest BCUT2D eigenvalue weighted by molar-refractivity contribution is 7.98. The predicted octanol–water partition coefficient (Wildman–Crippen LogP) is 1.40. The first-order valence-electron chi connectivity index (χ1n) is 5.64. The van der Waals surface area contributed by atoms with Crippen molar-refractivity contribution in [3.63, 3.8) is 0 Å².